The molecule has 2 fully saturated rings. The zero-order valence-corrected chi connectivity index (χ0v) is 12.4. The number of morpholine rings is 1. The Labute approximate surface area is 125 Å². The standard InChI is InChI=1S/C15H22N4O2/c1-12-11-21-8-7-19(12)15(20)13-3-2-6-18(10-13)14-9-16-4-5-17-14/h4-5,9,12-13H,2-3,6-8,10-11H2,1H3/t12-,13+/m0/s1. The number of piperidine rings is 1. The topological polar surface area (TPSA) is 58.6 Å². The van der Waals surface area contributed by atoms with Gasteiger partial charge in [-0.2, -0.15) is 0 Å². The van der Waals surface area contributed by atoms with Gasteiger partial charge in [0.15, 0.2) is 0 Å². The zero-order valence-electron chi connectivity index (χ0n) is 12.4. The lowest BCUT2D eigenvalue weighted by Gasteiger charge is -2.39. The number of anilines is 1. The van der Waals surface area contributed by atoms with Crippen LogP contribution in [-0.2, 0) is 9.53 Å². The predicted molar refractivity (Wildman–Crippen MR) is 79.0 cm³/mol. The summed E-state index contributed by atoms with van der Waals surface area (Å²) in [4.78, 5) is 25.4. The molecule has 2 atom stereocenters. The maximum Gasteiger partial charge on any atom is 0.227 e. The maximum atomic E-state index is 12.7. The molecule has 2 aliphatic rings. The first-order chi connectivity index (χ1) is 10.3. The third kappa shape index (κ3) is 3.15. The molecule has 2 aliphatic heterocycles. The Morgan fingerprint density at radius 1 is 1.38 bits per heavy atom. The van der Waals surface area contributed by atoms with Crippen LogP contribution < -0.4 is 4.90 Å². The van der Waals surface area contributed by atoms with Crippen molar-refractivity contribution in [1.82, 2.24) is 14.9 Å². The minimum absolute atomic E-state index is 0.0568. The van der Waals surface area contributed by atoms with Gasteiger partial charge in [0.05, 0.1) is 31.4 Å². The number of nitrogens with zero attached hydrogens (tertiary/aromatic N) is 4. The Bertz CT molecular complexity index is 482. The van der Waals surface area contributed by atoms with Gasteiger partial charge in [0, 0.05) is 32.0 Å². The number of amides is 1. The van der Waals surface area contributed by atoms with E-state index in [9.17, 15) is 4.79 Å². The summed E-state index contributed by atoms with van der Waals surface area (Å²) in [5.74, 6) is 1.19. The van der Waals surface area contributed by atoms with Crippen LogP contribution in [-0.4, -0.2) is 59.7 Å². The lowest BCUT2D eigenvalue weighted by Crippen LogP contribution is -2.52. The SMILES string of the molecule is C[C@H]1COCCN1C(=O)[C@@H]1CCCN(c2cnccn2)C1. The van der Waals surface area contributed by atoms with Gasteiger partial charge in [0.1, 0.15) is 5.82 Å². The van der Waals surface area contributed by atoms with E-state index in [1.54, 1.807) is 18.6 Å². The number of aromatic nitrogens is 2. The van der Waals surface area contributed by atoms with E-state index in [1.165, 1.54) is 0 Å². The third-order valence-corrected chi connectivity index (χ3v) is 4.29. The number of carbonyl (C=O) groups is 1. The van der Waals surface area contributed by atoms with Crippen LogP contribution in [0.2, 0.25) is 0 Å². The van der Waals surface area contributed by atoms with Crippen molar-refractivity contribution in [2.45, 2.75) is 25.8 Å². The first kappa shape index (κ1) is 14.3. The Hall–Kier alpha value is -1.69. The molecule has 0 N–H and O–H groups in total. The lowest BCUT2D eigenvalue weighted by atomic mass is 9.95. The van der Waals surface area contributed by atoms with Gasteiger partial charge >= 0.3 is 0 Å². The predicted octanol–water partition coefficient (Wildman–Crippen LogP) is 0.940. The van der Waals surface area contributed by atoms with E-state index >= 15 is 0 Å². The molecule has 3 heterocycles. The number of carbonyl (C=O) groups excluding carboxylic acids is 1. The molecule has 0 radical (unpaired) electrons. The van der Waals surface area contributed by atoms with E-state index in [1.807, 2.05) is 4.90 Å². The van der Waals surface area contributed by atoms with Gasteiger partial charge in [0.25, 0.3) is 0 Å². The van der Waals surface area contributed by atoms with Crippen molar-refractivity contribution in [3.8, 4) is 0 Å². The fraction of sp³-hybridized carbons (Fsp3) is 0.667. The van der Waals surface area contributed by atoms with Crippen LogP contribution in [0.1, 0.15) is 19.8 Å². The number of ether oxygens (including phenoxy) is 1. The summed E-state index contributed by atoms with van der Waals surface area (Å²) in [5, 5.41) is 0. The second-order valence-corrected chi connectivity index (χ2v) is 5.80. The van der Waals surface area contributed by atoms with Crippen molar-refractivity contribution in [3.63, 3.8) is 0 Å². The molecule has 0 unspecified atom stereocenters. The van der Waals surface area contributed by atoms with Crippen molar-refractivity contribution in [1.29, 1.82) is 0 Å². The van der Waals surface area contributed by atoms with Crippen LogP contribution in [0.25, 0.3) is 0 Å². The highest BCUT2D eigenvalue weighted by atomic mass is 16.5. The van der Waals surface area contributed by atoms with Crippen LogP contribution in [0.4, 0.5) is 5.82 Å². The van der Waals surface area contributed by atoms with Crippen LogP contribution in [0.5, 0.6) is 0 Å². The normalized spacial score (nSPS) is 26.7. The molecular weight excluding hydrogens is 268 g/mol. The van der Waals surface area contributed by atoms with Crippen molar-refractivity contribution >= 4 is 11.7 Å². The third-order valence-electron chi connectivity index (χ3n) is 4.29. The van der Waals surface area contributed by atoms with Gasteiger partial charge in [-0.1, -0.05) is 0 Å². The molecule has 0 aliphatic carbocycles. The second-order valence-electron chi connectivity index (χ2n) is 5.80. The summed E-state index contributed by atoms with van der Waals surface area (Å²) in [5.41, 5.74) is 0. The van der Waals surface area contributed by atoms with E-state index in [2.05, 4.69) is 21.8 Å². The Kier molecular flexibility index (Phi) is 4.34. The highest BCUT2D eigenvalue weighted by Crippen LogP contribution is 2.23. The average Bonchev–Trinajstić information content (AvgIpc) is 2.56. The van der Waals surface area contributed by atoms with Crippen molar-refractivity contribution < 1.29 is 9.53 Å². The average molecular weight is 290 g/mol. The molecular formula is C15H22N4O2. The van der Waals surface area contributed by atoms with E-state index < -0.39 is 0 Å². The molecule has 0 aromatic carbocycles. The fourth-order valence-electron chi connectivity index (χ4n) is 3.13. The Balaban J connectivity index is 1.67. The van der Waals surface area contributed by atoms with E-state index in [0.717, 1.165) is 31.7 Å². The summed E-state index contributed by atoms with van der Waals surface area (Å²) < 4.78 is 5.42. The number of hydrogen-bond donors (Lipinski definition) is 0. The number of hydrogen-bond acceptors (Lipinski definition) is 5. The molecule has 0 bridgehead atoms. The minimum atomic E-state index is 0.0568. The van der Waals surface area contributed by atoms with Crippen LogP contribution in [0, 0.1) is 5.92 Å². The van der Waals surface area contributed by atoms with Crippen LogP contribution in [0.15, 0.2) is 18.6 Å². The van der Waals surface area contributed by atoms with E-state index in [-0.39, 0.29) is 17.9 Å². The van der Waals surface area contributed by atoms with Gasteiger partial charge in [-0.05, 0) is 19.8 Å². The second kappa shape index (κ2) is 6.39. The van der Waals surface area contributed by atoms with Crippen LogP contribution >= 0.6 is 0 Å². The van der Waals surface area contributed by atoms with Crippen molar-refractivity contribution in [3.05, 3.63) is 18.6 Å². The first-order valence-electron chi connectivity index (χ1n) is 7.65. The quantitative estimate of drug-likeness (QED) is 0.811. The van der Waals surface area contributed by atoms with E-state index in [4.69, 9.17) is 4.74 Å². The monoisotopic (exact) mass is 290 g/mol. The maximum absolute atomic E-state index is 12.7. The summed E-state index contributed by atoms with van der Waals surface area (Å²) >= 11 is 0. The summed E-state index contributed by atoms with van der Waals surface area (Å²) in [7, 11) is 0. The number of rotatable bonds is 2. The molecule has 6 nitrogen and oxygen atoms in total. The van der Waals surface area contributed by atoms with Gasteiger partial charge in [-0.15, -0.1) is 0 Å². The molecule has 21 heavy (non-hydrogen) atoms. The smallest absolute Gasteiger partial charge is 0.227 e. The molecule has 3 rings (SSSR count). The summed E-state index contributed by atoms with van der Waals surface area (Å²) in [6, 6.07) is 0.179. The zero-order chi connectivity index (χ0) is 14.7. The minimum Gasteiger partial charge on any atom is -0.377 e. The Morgan fingerprint density at radius 3 is 3.05 bits per heavy atom. The van der Waals surface area contributed by atoms with Gasteiger partial charge in [-0.25, -0.2) is 4.98 Å². The van der Waals surface area contributed by atoms with Crippen LogP contribution in [0.3, 0.4) is 0 Å². The highest BCUT2D eigenvalue weighted by molar-refractivity contribution is 5.80. The molecule has 1 amide bonds. The van der Waals surface area contributed by atoms with E-state index in [0.29, 0.717) is 19.8 Å². The lowest BCUT2D eigenvalue weighted by molar-refractivity contribution is -0.143. The van der Waals surface area contributed by atoms with Gasteiger partial charge < -0.3 is 14.5 Å². The Morgan fingerprint density at radius 2 is 2.29 bits per heavy atom. The molecule has 114 valence electrons. The first-order valence-corrected chi connectivity index (χ1v) is 7.65. The molecule has 6 heteroatoms. The summed E-state index contributed by atoms with van der Waals surface area (Å²) in [6.07, 6.45) is 7.12. The van der Waals surface area contributed by atoms with Gasteiger partial charge in [-0.3, -0.25) is 9.78 Å². The molecule has 1 aromatic rings. The molecule has 1 aromatic heterocycles. The largest absolute Gasteiger partial charge is 0.377 e. The molecule has 0 saturated carbocycles. The highest BCUT2D eigenvalue weighted by Gasteiger charge is 2.33. The molecule has 0 spiro atoms. The fourth-order valence-corrected chi connectivity index (χ4v) is 3.13. The van der Waals surface area contributed by atoms with Crippen molar-refractivity contribution in [2.75, 3.05) is 37.7 Å². The van der Waals surface area contributed by atoms with Gasteiger partial charge in [0.2, 0.25) is 5.91 Å². The molecule has 2 saturated heterocycles. The summed E-state index contributed by atoms with van der Waals surface area (Å²) in [6.45, 7) is 5.74. The van der Waals surface area contributed by atoms with Crippen molar-refractivity contribution in [2.24, 2.45) is 5.92 Å².